The van der Waals surface area contributed by atoms with Gasteiger partial charge in [0.1, 0.15) is 0 Å². The van der Waals surface area contributed by atoms with Gasteiger partial charge in [0.05, 0.1) is 16.1 Å². The van der Waals surface area contributed by atoms with Crippen molar-refractivity contribution < 1.29 is 9.90 Å². The lowest BCUT2D eigenvalue weighted by molar-refractivity contribution is 0.0698. The Labute approximate surface area is 104 Å². The van der Waals surface area contributed by atoms with Crippen molar-refractivity contribution in [2.75, 3.05) is 0 Å². The van der Waals surface area contributed by atoms with Crippen molar-refractivity contribution >= 4 is 28.5 Å². The number of benzene rings is 1. The summed E-state index contributed by atoms with van der Waals surface area (Å²) in [4.78, 5) is 15.8. The Balaban J connectivity index is 2.97. The maximum atomic E-state index is 11.3. The molecule has 0 amide bonds. The summed E-state index contributed by atoms with van der Waals surface area (Å²) in [5.41, 5.74) is 2.36. The van der Waals surface area contributed by atoms with Gasteiger partial charge in [-0.05, 0) is 25.0 Å². The fourth-order valence-corrected chi connectivity index (χ4v) is 2.23. The summed E-state index contributed by atoms with van der Waals surface area (Å²) < 4.78 is 0. The van der Waals surface area contributed by atoms with Crippen LogP contribution in [0.15, 0.2) is 18.2 Å². The van der Waals surface area contributed by atoms with Crippen LogP contribution in [0.4, 0.5) is 0 Å². The number of rotatable bonds is 2. The summed E-state index contributed by atoms with van der Waals surface area (Å²) in [6.45, 7) is 3.74. The standard InChI is InChI=1S/C13H12ClNO2/c1-3-10-7(2)11(13(16)17)8-5-4-6-9(14)12(8)15-10/h4-6H,3H2,1-2H3,(H,16,17). The molecule has 0 atom stereocenters. The van der Waals surface area contributed by atoms with Crippen molar-refractivity contribution in [3.63, 3.8) is 0 Å². The van der Waals surface area contributed by atoms with Crippen molar-refractivity contribution in [2.45, 2.75) is 20.3 Å². The number of carbonyl (C=O) groups is 1. The number of fused-ring (bicyclic) bond motifs is 1. The highest BCUT2D eigenvalue weighted by Gasteiger charge is 2.17. The summed E-state index contributed by atoms with van der Waals surface area (Å²) in [6.07, 6.45) is 0.688. The van der Waals surface area contributed by atoms with Crippen molar-refractivity contribution in [3.8, 4) is 0 Å². The zero-order valence-corrected chi connectivity index (χ0v) is 10.4. The number of nitrogens with zero attached hydrogens (tertiary/aromatic N) is 1. The molecule has 0 spiro atoms. The van der Waals surface area contributed by atoms with Crippen molar-refractivity contribution in [1.82, 2.24) is 4.98 Å². The van der Waals surface area contributed by atoms with E-state index in [4.69, 9.17) is 11.6 Å². The third kappa shape index (κ3) is 1.87. The maximum Gasteiger partial charge on any atom is 0.336 e. The van der Waals surface area contributed by atoms with E-state index in [-0.39, 0.29) is 0 Å². The first kappa shape index (κ1) is 11.9. The number of hydrogen-bond donors (Lipinski definition) is 1. The van der Waals surface area contributed by atoms with Crippen LogP contribution in [-0.2, 0) is 6.42 Å². The van der Waals surface area contributed by atoms with Gasteiger partial charge < -0.3 is 5.11 Å². The summed E-state index contributed by atoms with van der Waals surface area (Å²) in [5.74, 6) is -0.938. The normalized spacial score (nSPS) is 10.8. The maximum absolute atomic E-state index is 11.3. The number of carboxylic acid groups (broad SMARTS) is 1. The van der Waals surface area contributed by atoms with Crippen LogP contribution in [0, 0.1) is 6.92 Å². The van der Waals surface area contributed by atoms with Crippen LogP contribution in [-0.4, -0.2) is 16.1 Å². The third-order valence-electron chi connectivity index (χ3n) is 2.86. The van der Waals surface area contributed by atoms with Crippen LogP contribution >= 0.6 is 11.6 Å². The molecule has 0 unspecified atom stereocenters. The van der Waals surface area contributed by atoms with Crippen LogP contribution in [0.25, 0.3) is 10.9 Å². The van der Waals surface area contributed by atoms with Crippen molar-refractivity contribution in [3.05, 3.63) is 40.0 Å². The molecule has 0 aliphatic rings. The fraction of sp³-hybridized carbons (Fsp3) is 0.231. The van der Waals surface area contributed by atoms with E-state index in [2.05, 4.69) is 4.98 Å². The van der Waals surface area contributed by atoms with Gasteiger partial charge >= 0.3 is 5.97 Å². The number of aromatic carboxylic acids is 1. The van der Waals surface area contributed by atoms with Gasteiger partial charge in [-0.1, -0.05) is 30.7 Å². The molecule has 88 valence electrons. The molecule has 0 radical (unpaired) electrons. The van der Waals surface area contributed by atoms with Gasteiger partial charge in [0, 0.05) is 11.1 Å². The molecule has 2 rings (SSSR count). The number of pyridine rings is 1. The lowest BCUT2D eigenvalue weighted by Crippen LogP contribution is -2.06. The molecule has 1 aromatic carbocycles. The van der Waals surface area contributed by atoms with Crippen molar-refractivity contribution in [1.29, 1.82) is 0 Å². The highest BCUT2D eigenvalue weighted by molar-refractivity contribution is 6.35. The molecule has 17 heavy (non-hydrogen) atoms. The smallest absolute Gasteiger partial charge is 0.336 e. The summed E-state index contributed by atoms with van der Waals surface area (Å²) in [7, 11) is 0. The number of para-hydroxylation sites is 1. The van der Waals surface area contributed by atoms with Crippen LogP contribution in [0.3, 0.4) is 0 Å². The zero-order valence-electron chi connectivity index (χ0n) is 9.62. The van der Waals surface area contributed by atoms with Gasteiger partial charge in [-0.25, -0.2) is 4.79 Å². The highest BCUT2D eigenvalue weighted by atomic mass is 35.5. The summed E-state index contributed by atoms with van der Waals surface area (Å²) in [6, 6.07) is 5.20. The first-order valence-corrected chi connectivity index (χ1v) is 5.75. The third-order valence-corrected chi connectivity index (χ3v) is 3.16. The minimum atomic E-state index is -0.938. The molecule has 1 heterocycles. The lowest BCUT2D eigenvalue weighted by atomic mass is 10.0. The van der Waals surface area contributed by atoms with E-state index in [1.807, 2.05) is 6.92 Å². The Hall–Kier alpha value is -1.61. The molecule has 0 aliphatic heterocycles. The van der Waals surface area contributed by atoms with Gasteiger partial charge in [0.25, 0.3) is 0 Å². The minimum Gasteiger partial charge on any atom is -0.478 e. The van der Waals surface area contributed by atoms with E-state index in [0.29, 0.717) is 27.9 Å². The molecule has 2 aromatic rings. The second-order valence-electron chi connectivity index (χ2n) is 3.85. The van der Waals surface area contributed by atoms with Gasteiger partial charge in [-0.3, -0.25) is 4.98 Å². The van der Waals surface area contributed by atoms with E-state index < -0.39 is 5.97 Å². The number of halogens is 1. The van der Waals surface area contributed by atoms with E-state index in [9.17, 15) is 9.90 Å². The van der Waals surface area contributed by atoms with E-state index in [1.165, 1.54) is 0 Å². The highest BCUT2D eigenvalue weighted by Crippen LogP contribution is 2.28. The Kier molecular flexibility index (Phi) is 3.03. The average Bonchev–Trinajstić information content (AvgIpc) is 2.28. The Morgan fingerprint density at radius 2 is 2.18 bits per heavy atom. The molecule has 0 bridgehead atoms. The van der Waals surface area contributed by atoms with E-state index in [0.717, 1.165) is 11.3 Å². The lowest BCUT2D eigenvalue weighted by Gasteiger charge is -2.11. The fourth-order valence-electron chi connectivity index (χ4n) is 2.02. The number of carboxylic acids is 1. The Morgan fingerprint density at radius 1 is 1.47 bits per heavy atom. The van der Waals surface area contributed by atoms with Crippen LogP contribution in [0.5, 0.6) is 0 Å². The number of hydrogen-bond acceptors (Lipinski definition) is 2. The van der Waals surface area contributed by atoms with Crippen LogP contribution in [0.2, 0.25) is 5.02 Å². The van der Waals surface area contributed by atoms with E-state index in [1.54, 1.807) is 25.1 Å². The molecule has 4 heteroatoms. The number of aryl methyl sites for hydroxylation is 1. The predicted octanol–water partition coefficient (Wildman–Crippen LogP) is 3.46. The molecule has 0 fully saturated rings. The molecule has 1 aromatic heterocycles. The molecule has 0 saturated heterocycles. The SMILES string of the molecule is CCc1nc2c(Cl)cccc2c(C(=O)O)c1C. The average molecular weight is 250 g/mol. The largest absolute Gasteiger partial charge is 0.478 e. The molecule has 3 nitrogen and oxygen atoms in total. The van der Waals surface area contributed by atoms with Gasteiger partial charge in [0.2, 0.25) is 0 Å². The number of aromatic nitrogens is 1. The molecular formula is C13H12ClNO2. The quantitative estimate of drug-likeness (QED) is 0.887. The second kappa shape index (κ2) is 4.34. The second-order valence-corrected chi connectivity index (χ2v) is 4.26. The van der Waals surface area contributed by atoms with Crippen LogP contribution < -0.4 is 0 Å². The monoisotopic (exact) mass is 249 g/mol. The molecule has 1 N–H and O–H groups in total. The molecular weight excluding hydrogens is 238 g/mol. The van der Waals surface area contributed by atoms with Crippen molar-refractivity contribution in [2.24, 2.45) is 0 Å². The van der Waals surface area contributed by atoms with Gasteiger partial charge in [-0.2, -0.15) is 0 Å². The van der Waals surface area contributed by atoms with Gasteiger partial charge in [0.15, 0.2) is 0 Å². The van der Waals surface area contributed by atoms with E-state index >= 15 is 0 Å². The summed E-state index contributed by atoms with van der Waals surface area (Å²) in [5, 5.41) is 10.4. The van der Waals surface area contributed by atoms with Crippen LogP contribution in [0.1, 0.15) is 28.5 Å². The molecule has 0 aliphatic carbocycles. The minimum absolute atomic E-state index is 0.300. The molecule has 0 saturated carbocycles. The Bertz CT molecular complexity index is 608. The summed E-state index contributed by atoms with van der Waals surface area (Å²) >= 11 is 6.06. The first-order chi connectivity index (χ1) is 8.06. The Morgan fingerprint density at radius 3 is 2.76 bits per heavy atom. The topological polar surface area (TPSA) is 50.2 Å². The first-order valence-electron chi connectivity index (χ1n) is 5.37. The predicted molar refractivity (Wildman–Crippen MR) is 67.8 cm³/mol. The van der Waals surface area contributed by atoms with Gasteiger partial charge in [-0.15, -0.1) is 0 Å². The zero-order chi connectivity index (χ0) is 12.6.